The minimum Gasteiger partial charge on any atom is -0.495 e. The van der Waals surface area contributed by atoms with E-state index in [0.29, 0.717) is 16.5 Å². The van der Waals surface area contributed by atoms with E-state index in [9.17, 15) is 4.79 Å². The van der Waals surface area contributed by atoms with Gasteiger partial charge in [-0.2, -0.15) is 0 Å². The number of anilines is 2. The van der Waals surface area contributed by atoms with Crippen LogP contribution in [-0.2, 0) is 4.79 Å². The summed E-state index contributed by atoms with van der Waals surface area (Å²) in [6.07, 6.45) is 7.35. The third-order valence-corrected chi connectivity index (χ3v) is 6.21. The van der Waals surface area contributed by atoms with Gasteiger partial charge in [-0.05, 0) is 66.8 Å². The highest BCUT2D eigenvalue weighted by molar-refractivity contribution is 7.80. The number of carbonyl (C=O) groups excluding carboxylic acids is 1. The zero-order valence-electron chi connectivity index (χ0n) is 19.3. The monoisotopic (exact) mass is 484 g/mol. The predicted octanol–water partition coefficient (Wildman–Crippen LogP) is 4.41. The molecule has 3 aromatic heterocycles. The summed E-state index contributed by atoms with van der Waals surface area (Å²) in [7, 11) is 1.57. The molecule has 1 aliphatic heterocycles. The second-order valence-corrected chi connectivity index (χ2v) is 8.46. The van der Waals surface area contributed by atoms with Gasteiger partial charge in [0.1, 0.15) is 11.8 Å². The fraction of sp³-hybridized carbons (Fsp3) is 0.154. The molecule has 0 spiro atoms. The van der Waals surface area contributed by atoms with Crippen molar-refractivity contribution in [1.29, 1.82) is 0 Å². The largest absolute Gasteiger partial charge is 0.495 e. The zero-order valence-corrected chi connectivity index (χ0v) is 20.1. The maximum Gasteiger partial charge on any atom is 0.221 e. The van der Waals surface area contributed by atoms with E-state index in [1.54, 1.807) is 25.7 Å². The second-order valence-electron chi connectivity index (χ2n) is 8.07. The lowest BCUT2D eigenvalue weighted by Crippen LogP contribution is -2.30. The highest BCUT2D eigenvalue weighted by Crippen LogP contribution is 2.43. The SMILES string of the molecule is COc1ccc(N2C(=S)NC(c3ccccn3)C2c2cccn2-c2ccncc2)cc1NC(C)=O. The molecule has 1 fully saturated rings. The van der Waals surface area contributed by atoms with E-state index < -0.39 is 0 Å². The molecule has 2 N–H and O–H groups in total. The minimum atomic E-state index is -0.223. The van der Waals surface area contributed by atoms with Crippen molar-refractivity contribution in [3.05, 3.63) is 96.8 Å². The number of ether oxygens (including phenoxy) is 1. The van der Waals surface area contributed by atoms with Crippen LogP contribution in [0.2, 0.25) is 0 Å². The Balaban J connectivity index is 1.66. The van der Waals surface area contributed by atoms with Gasteiger partial charge in [-0.3, -0.25) is 14.8 Å². The molecular formula is C26H24N6O2S. The predicted molar refractivity (Wildman–Crippen MR) is 139 cm³/mol. The molecular weight excluding hydrogens is 460 g/mol. The van der Waals surface area contributed by atoms with Gasteiger partial charge in [-0.15, -0.1) is 0 Å². The van der Waals surface area contributed by atoms with Crippen LogP contribution in [0, 0.1) is 0 Å². The molecule has 35 heavy (non-hydrogen) atoms. The minimum absolute atomic E-state index is 0.183. The van der Waals surface area contributed by atoms with Crippen LogP contribution in [0.4, 0.5) is 11.4 Å². The molecule has 2 atom stereocenters. The van der Waals surface area contributed by atoms with Gasteiger partial charge >= 0.3 is 0 Å². The Morgan fingerprint density at radius 1 is 1.06 bits per heavy atom. The molecule has 1 aromatic carbocycles. The van der Waals surface area contributed by atoms with E-state index in [0.717, 1.165) is 22.8 Å². The average Bonchev–Trinajstić information content (AvgIpc) is 3.49. The lowest BCUT2D eigenvalue weighted by molar-refractivity contribution is -0.114. The van der Waals surface area contributed by atoms with Gasteiger partial charge in [0, 0.05) is 48.8 Å². The standard InChI is InChI=1S/C26H24N6O2S/c1-17(33)29-21-16-19(8-9-23(21)34-2)32-25(24(30-26(32)35)20-6-3-4-12-28-20)22-7-5-15-31(22)18-10-13-27-14-11-18/h3-16,24-25H,1-2H3,(H,29,33)(H,30,35). The molecule has 0 bridgehead atoms. The lowest BCUT2D eigenvalue weighted by atomic mass is 10.0. The van der Waals surface area contributed by atoms with Gasteiger partial charge < -0.3 is 24.8 Å². The number of carbonyl (C=O) groups is 1. The maximum absolute atomic E-state index is 11.8. The quantitative estimate of drug-likeness (QED) is 0.392. The van der Waals surface area contributed by atoms with Gasteiger partial charge in [-0.25, -0.2) is 0 Å². The third kappa shape index (κ3) is 4.33. The molecule has 0 saturated carbocycles. The Labute approximate surface area is 208 Å². The Morgan fingerprint density at radius 2 is 1.89 bits per heavy atom. The molecule has 9 heteroatoms. The maximum atomic E-state index is 11.8. The van der Waals surface area contributed by atoms with Crippen LogP contribution in [0.1, 0.15) is 30.4 Å². The number of pyridine rings is 2. The fourth-order valence-corrected chi connectivity index (χ4v) is 4.79. The van der Waals surface area contributed by atoms with E-state index in [1.165, 1.54) is 6.92 Å². The van der Waals surface area contributed by atoms with Gasteiger partial charge in [0.05, 0.1) is 24.5 Å². The Hall–Kier alpha value is -4.24. The van der Waals surface area contributed by atoms with Crippen molar-refractivity contribution in [2.75, 3.05) is 17.3 Å². The van der Waals surface area contributed by atoms with Crippen molar-refractivity contribution >= 4 is 34.6 Å². The van der Waals surface area contributed by atoms with Crippen LogP contribution in [0.25, 0.3) is 5.69 Å². The molecule has 1 amide bonds. The van der Waals surface area contributed by atoms with Crippen LogP contribution in [-0.4, -0.2) is 32.7 Å². The Kier molecular flexibility index (Phi) is 6.15. The molecule has 0 aliphatic carbocycles. The van der Waals surface area contributed by atoms with E-state index in [4.69, 9.17) is 17.0 Å². The number of amides is 1. The molecule has 176 valence electrons. The first kappa shape index (κ1) is 22.5. The molecule has 0 radical (unpaired) electrons. The van der Waals surface area contributed by atoms with Crippen molar-refractivity contribution in [3.63, 3.8) is 0 Å². The number of thiocarbonyl (C=S) groups is 1. The molecule has 1 saturated heterocycles. The lowest BCUT2D eigenvalue weighted by Gasteiger charge is -2.29. The van der Waals surface area contributed by atoms with Crippen LogP contribution in [0.3, 0.4) is 0 Å². The van der Waals surface area contributed by atoms with E-state index in [-0.39, 0.29) is 18.0 Å². The van der Waals surface area contributed by atoms with Gasteiger partial charge in [0.2, 0.25) is 5.91 Å². The van der Waals surface area contributed by atoms with E-state index in [1.807, 2.05) is 60.8 Å². The van der Waals surface area contributed by atoms with Crippen molar-refractivity contribution < 1.29 is 9.53 Å². The first-order valence-corrected chi connectivity index (χ1v) is 11.5. The highest BCUT2D eigenvalue weighted by Gasteiger charge is 2.42. The Bertz CT molecular complexity index is 1360. The third-order valence-electron chi connectivity index (χ3n) is 5.89. The number of hydrogen-bond donors (Lipinski definition) is 2. The fourth-order valence-electron chi connectivity index (χ4n) is 4.44. The molecule has 4 heterocycles. The van der Waals surface area contributed by atoms with E-state index in [2.05, 4.69) is 36.1 Å². The van der Waals surface area contributed by atoms with Crippen molar-refractivity contribution in [3.8, 4) is 11.4 Å². The summed E-state index contributed by atoms with van der Waals surface area (Å²) in [4.78, 5) is 22.7. The molecule has 4 aromatic rings. The number of hydrogen-bond acceptors (Lipinski definition) is 5. The van der Waals surface area contributed by atoms with Crippen LogP contribution < -0.4 is 20.3 Å². The summed E-state index contributed by atoms with van der Waals surface area (Å²) >= 11 is 5.85. The van der Waals surface area contributed by atoms with Gasteiger partial charge in [0.15, 0.2) is 5.11 Å². The summed E-state index contributed by atoms with van der Waals surface area (Å²) in [6.45, 7) is 1.47. The average molecular weight is 485 g/mol. The summed E-state index contributed by atoms with van der Waals surface area (Å²) in [6, 6.07) is 19.1. The normalized spacial score (nSPS) is 17.2. The zero-order chi connectivity index (χ0) is 24.4. The number of rotatable bonds is 6. The summed E-state index contributed by atoms with van der Waals surface area (Å²) in [5.41, 5.74) is 4.28. The van der Waals surface area contributed by atoms with Gasteiger partial charge in [0.25, 0.3) is 0 Å². The second kappa shape index (κ2) is 9.55. The van der Waals surface area contributed by atoms with Crippen LogP contribution >= 0.6 is 12.2 Å². The number of aromatic nitrogens is 3. The Morgan fingerprint density at radius 3 is 2.60 bits per heavy atom. The summed E-state index contributed by atoms with van der Waals surface area (Å²) < 4.78 is 7.58. The van der Waals surface area contributed by atoms with E-state index >= 15 is 0 Å². The molecule has 5 rings (SSSR count). The number of nitrogens with one attached hydrogen (secondary N) is 2. The molecule has 2 unspecified atom stereocenters. The highest BCUT2D eigenvalue weighted by atomic mass is 32.1. The first-order valence-electron chi connectivity index (χ1n) is 11.1. The smallest absolute Gasteiger partial charge is 0.221 e. The van der Waals surface area contributed by atoms with Crippen LogP contribution in [0.5, 0.6) is 5.75 Å². The summed E-state index contributed by atoms with van der Waals surface area (Å²) in [5, 5.41) is 6.89. The van der Waals surface area contributed by atoms with Gasteiger partial charge in [-0.1, -0.05) is 6.07 Å². The van der Waals surface area contributed by atoms with Crippen molar-refractivity contribution in [2.24, 2.45) is 0 Å². The number of benzene rings is 1. The van der Waals surface area contributed by atoms with Crippen molar-refractivity contribution in [1.82, 2.24) is 19.9 Å². The molecule has 8 nitrogen and oxygen atoms in total. The molecule has 1 aliphatic rings. The van der Waals surface area contributed by atoms with Crippen LogP contribution in [0.15, 0.2) is 85.5 Å². The first-order chi connectivity index (χ1) is 17.1. The topological polar surface area (TPSA) is 84.3 Å². The van der Waals surface area contributed by atoms with Crippen molar-refractivity contribution in [2.45, 2.75) is 19.0 Å². The number of nitrogens with zero attached hydrogens (tertiary/aromatic N) is 4. The summed E-state index contributed by atoms with van der Waals surface area (Å²) in [5.74, 6) is 0.386. The number of methoxy groups -OCH3 is 1.